The smallest absolute Gasteiger partial charge is 0.313 e. The van der Waals surface area contributed by atoms with Crippen molar-refractivity contribution in [2.75, 3.05) is 6.26 Å². The van der Waals surface area contributed by atoms with Gasteiger partial charge >= 0.3 is 11.9 Å². The standard InChI is InChI=1S/C18H16N4O6S/c1-29(25,26)13-4-2-3-11(9-13)16-17-21-22(10-12-7-8-19-20-12)18(16)28-15(24)6-5-14(23)27-17/h2-4,7-9H,5-6,10H2,1H3,(H,19,20). The predicted molar refractivity (Wildman–Crippen MR) is 99.0 cm³/mol. The zero-order valence-corrected chi connectivity index (χ0v) is 16.1. The fourth-order valence-corrected chi connectivity index (χ4v) is 3.56. The van der Waals surface area contributed by atoms with E-state index in [1.807, 2.05) is 0 Å². The Morgan fingerprint density at radius 2 is 1.90 bits per heavy atom. The molecule has 4 rings (SSSR count). The summed E-state index contributed by atoms with van der Waals surface area (Å²) in [6.07, 6.45) is 2.35. The third-order valence-corrected chi connectivity index (χ3v) is 5.37. The molecule has 1 aromatic carbocycles. The first kappa shape index (κ1) is 18.9. The van der Waals surface area contributed by atoms with Crippen molar-refractivity contribution >= 4 is 21.8 Å². The lowest BCUT2D eigenvalue weighted by atomic mass is 10.1. The number of hydrogen-bond acceptors (Lipinski definition) is 8. The van der Waals surface area contributed by atoms with Crippen molar-refractivity contribution < 1.29 is 27.5 Å². The Labute approximate surface area is 165 Å². The van der Waals surface area contributed by atoms with E-state index in [0.717, 1.165) is 6.26 Å². The highest BCUT2D eigenvalue weighted by molar-refractivity contribution is 7.90. The molecule has 0 radical (unpaired) electrons. The summed E-state index contributed by atoms with van der Waals surface area (Å²) in [5.74, 6) is -1.27. The van der Waals surface area contributed by atoms with Crippen LogP contribution in [0.5, 0.6) is 11.8 Å². The molecule has 1 N–H and O–H groups in total. The molecule has 0 saturated heterocycles. The van der Waals surface area contributed by atoms with Crippen molar-refractivity contribution in [1.29, 1.82) is 0 Å². The van der Waals surface area contributed by atoms with Crippen LogP contribution in [0.3, 0.4) is 0 Å². The fourth-order valence-electron chi connectivity index (χ4n) is 2.89. The first-order chi connectivity index (χ1) is 13.8. The second-order valence-electron chi connectivity index (χ2n) is 6.47. The van der Waals surface area contributed by atoms with E-state index in [1.165, 1.54) is 16.8 Å². The molecule has 2 bridgehead atoms. The topological polar surface area (TPSA) is 133 Å². The van der Waals surface area contributed by atoms with Gasteiger partial charge in [-0.2, -0.15) is 5.10 Å². The van der Waals surface area contributed by atoms with E-state index in [4.69, 9.17) is 9.47 Å². The lowest BCUT2D eigenvalue weighted by molar-refractivity contribution is -0.140. The average molecular weight is 416 g/mol. The molecule has 0 atom stereocenters. The zero-order chi connectivity index (χ0) is 20.6. The lowest BCUT2D eigenvalue weighted by Gasteiger charge is -2.09. The van der Waals surface area contributed by atoms with Crippen molar-refractivity contribution in [3.05, 3.63) is 42.2 Å². The molecular weight excluding hydrogens is 400 g/mol. The van der Waals surface area contributed by atoms with Crippen LogP contribution in [-0.2, 0) is 26.0 Å². The molecule has 2 aromatic heterocycles. The average Bonchev–Trinajstić information content (AvgIpc) is 3.29. The number of rotatable bonds is 4. The number of nitrogens with zero attached hydrogens (tertiary/aromatic N) is 3. The molecule has 0 unspecified atom stereocenters. The maximum absolute atomic E-state index is 12.2. The minimum absolute atomic E-state index is 0.0555. The third kappa shape index (κ3) is 3.90. The maximum Gasteiger partial charge on any atom is 0.313 e. The van der Waals surface area contributed by atoms with Gasteiger partial charge in [0.05, 0.1) is 30.0 Å². The molecule has 150 valence electrons. The molecule has 29 heavy (non-hydrogen) atoms. The van der Waals surface area contributed by atoms with Crippen molar-refractivity contribution in [3.8, 4) is 22.9 Å². The van der Waals surface area contributed by atoms with Crippen molar-refractivity contribution in [2.45, 2.75) is 24.3 Å². The number of esters is 2. The van der Waals surface area contributed by atoms with Gasteiger partial charge in [0.25, 0.3) is 5.88 Å². The molecule has 1 aliphatic rings. The van der Waals surface area contributed by atoms with Crippen LogP contribution in [-0.4, -0.2) is 46.6 Å². The summed E-state index contributed by atoms with van der Waals surface area (Å²) in [5, 5.41) is 10.9. The van der Waals surface area contributed by atoms with Gasteiger partial charge in [0.2, 0.25) is 5.88 Å². The van der Waals surface area contributed by atoms with E-state index < -0.39 is 21.8 Å². The summed E-state index contributed by atoms with van der Waals surface area (Å²) >= 11 is 0. The van der Waals surface area contributed by atoms with Crippen LogP contribution in [0.25, 0.3) is 11.1 Å². The van der Waals surface area contributed by atoms with Crippen LogP contribution in [0.2, 0.25) is 0 Å². The minimum atomic E-state index is -3.48. The Kier molecular flexibility index (Phi) is 4.66. The summed E-state index contributed by atoms with van der Waals surface area (Å²) in [4.78, 5) is 24.4. The van der Waals surface area contributed by atoms with Crippen LogP contribution in [0.15, 0.2) is 41.4 Å². The van der Waals surface area contributed by atoms with Gasteiger partial charge in [-0.3, -0.25) is 14.7 Å². The number of fused-ring (bicyclic) bond motifs is 2. The van der Waals surface area contributed by atoms with Crippen LogP contribution in [0, 0.1) is 0 Å². The van der Waals surface area contributed by atoms with Crippen LogP contribution >= 0.6 is 0 Å². The highest BCUT2D eigenvalue weighted by Crippen LogP contribution is 2.40. The van der Waals surface area contributed by atoms with Gasteiger partial charge in [-0.1, -0.05) is 12.1 Å². The molecule has 10 nitrogen and oxygen atoms in total. The Bertz CT molecular complexity index is 1200. The highest BCUT2D eigenvalue weighted by atomic mass is 32.2. The van der Waals surface area contributed by atoms with E-state index in [2.05, 4.69) is 15.3 Å². The van der Waals surface area contributed by atoms with Crippen molar-refractivity contribution in [3.63, 3.8) is 0 Å². The van der Waals surface area contributed by atoms with E-state index in [-0.39, 0.29) is 41.6 Å². The maximum atomic E-state index is 12.2. The van der Waals surface area contributed by atoms with Gasteiger partial charge in [-0.05, 0) is 23.8 Å². The fraction of sp³-hybridized carbons (Fsp3) is 0.222. The number of sulfone groups is 1. The predicted octanol–water partition coefficient (Wildman–Crippen LogP) is 1.33. The summed E-state index contributed by atoms with van der Waals surface area (Å²) in [6.45, 7) is 0.166. The summed E-state index contributed by atoms with van der Waals surface area (Å²) in [6, 6.07) is 7.76. The number of benzene rings is 1. The Morgan fingerprint density at radius 1 is 1.14 bits per heavy atom. The first-order valence-corrected chi connectivity index (χ1v) is 10.5. The molecule has 0 aliphatic carbocycles. The van der Waals surface area contributed by atoms with Gasteiger partial charge in [0.15, 0.2) is 9.84 Å². The van der Waals surface area contributed by atoms with E-state index in [1.54, 1.807) is 24.4 Å². The molecule has 0 spiro atoms. The largest absolute Gasteiger partial charge is 0.407 e. The number of carbonyl (C=O) groups excluding carboxylic acids is 2. The molecule has 0 saturated carbocycles. The third-order valence-electron chi connectivity index (χ3n) is 4.26. The van der Waals surface area contributed by atoms with Crippen molar-refractivity contribution in [2.24, 2.45) is 0 Å². The van der Waals surface area contributed by atoms with Crippen LogP contribution in [0.1, 0.15) is 18.5 Å². The number of aromatic nitrogens is 4. The number of H-pyrrole nitrogens is 1. The first-order valence-electron chi connectivity index (χ1n) is 8.62. The molecule has 0 fully saturated rings. The SMILES string of the molecule is CS(=O)(=O)c1cccc(-c2c3nn(Cc4ccn[nH]4)c2OC(=O)CCC(=O)O3)c1. The van der Waals surface area contributed by atoms with Gasteiger partial charge in [0.1, 0.15) is 5.56 Å². The molecule has 3 heterocycles. The van der Waals surface area contributed by atoms with Gasteiger partial charge in [-0.15, -0.1) is 5.10 Å². The highest BCUT2D eigenvalue weighted by Gasteiger charge is 2.29. The summed E-state index contributed by atoms with van der Waals surface area (Å²) in [7, 11) is -3.48. The normalized spacial score (nSPS) is 14.5. The molecule has 3 aromatic rings. The minimum Gasteiger partial charge on any atom is -0.407 e. The monoisotopic (exact) mass is 416 g/mol. The quantitative estimate of drug-likeness (QED) is 0.630. The van der Waals surface area contributed by atoms with Crippen LogP contribution in [0.4, 0.5) is 0 Å². The second kappa shape index (κ2) is 7.17. The van der Waals surface area contributed by atoms with E-state index in [9.17, 15) is 18.0 Å². The molecule has 0 amide bonds. The number of ether oxygens (including phenoxy) is 2. The lowest BCUT2D eigenvalue weighted by Crippen LogP contribution is -2.17. The second-order valence-corrected chi connectivity index (χ2v) is 8.49. The van der Waals surface area contributed by atoms with E-state index in [0.29, 0.717) is 11.3 Å². The number of nitrogens with one attached hydrogen (secondary N) is 1. The number of hydrogen-bond donors (Lipinski definition) is 1. The Balaban J connectivity index is 1.91. The Hall–Kier alpha value is -3.47. The van der Waals surface area contributed by atoms with Crippen LogP contribution < -0.4 is 9.47 Å². The van der Waals surface area contributed by atoms with E-state index >= 15 is 0 Å². The number of aromatic amines is 1. The molecule has 11 heteroatoms. The zero-order valence-electron chi connectivity index (χ0n) is 15.3. The molecular formula is C18H16N4O6S. The summed E-state index contributed by atoms with van der Waals surface area (Å²) in [5.41, 5.74) is 1.28. The van der Waals surface area contributed by atoms with Gasteiger partial charge in [-0.25, -0.2) is 13.1 Å². The van der Waals surface area contributed by atoms with Gasteiger partial charge < -0.3 is 9.47 Å². The van der Waals surface area contributed by atoms with Gasteiger partial charge in [0, 0.05) is 12.5 Å². The number of carbonyl (C=O) groups is 2. The van der Waals surface area contributed by atoms with Crippen molar-refractivity contribution in [1.82, 2.24) is 20.0 Å². The Morgan fingerprint density at radius 3 is 2.59 bits per heavy atom. The molecule has 1 aliphatic heterocycles. The summed E-state index contributed by atoms with van der Waals surface area (Å²) < 4.78 is 36.2.